The number of rotatable bonds is 5. The van der Waals surface area contributed by atoms with Crippen LogP contribution in [0.15, 0.2) is 266 Å². The molecule has 20 heteroatoms. The summed E-state index contributed by atoms with van der Waals surface area (Å²) >= 11 is 3.57. The second kappa shape index (κ2) is 25.8. The van der Waals surface area contributed by atoms with Crippen LogP contribution in [0.3, 0.4) is 0 Å². The van der Waals surface area contributed by atoms with E-state index in [2.05, 4.69) is 213 Å². The van der Waals surface area contributed by atoms with Crippen molar-refractivity contribution in [2.75, 3.05) is 11.5 Å². The Morgan fingerprint density at radius 1 is 0.319 bits per heavy atom. The minimum Gasteiger partial charge on any atom is -0.399 e. The molecule has 0 saturated heterocycles. The Hall–Kier alpha value is -15.0. The Morgan fingerprint density at radius 2 is 0.673 bits per heavy atom. The molecule has 113 heavy (non-hydrogen) atoms. The molecule has 0 unspecified atom stereocenters. The summed E-state index contributed by atoms with van der Waals surface area (Å²) < 4.78 is 1.04. The number of aromatic amines is 8. The average molecular weight is 1530 g/mol. The van der Waals surface area contributed by atoms with E-state index in [0.717, 1.165) is 220 Å². The number of halogens is 1. The number of nitrogen functional groups attached to an aromatic ring is 2. The van der Waals surface area contributed by atoms with Crippen LogP contribution in [0, 0.1) is 30.9 Å². The zero-order valence-electron chi connectivity index (χ0n) is 60.8. The first kappa shape index (κ1) is 66.2. The van der Waals surface area contributed by atoms with E-state index in [1.54, 1.807) is 18.3 Å². The minimum atomic E-state index is -0.363. The maximum Gasteiger partial charge on any atom is 0.270 e. The summed E-state index contributed by atoms with van der Waals surface area (Å²) in [4.78, 5) is 68.2. The first-order chi connectivity index (χ1) is 55.3. The van der Waals surface area contributed by atoms with Crippen LogP contribution in [0.5, 0.6) is 0 Å². The highest BCUT2D eigenvalue weighted by molar-refractivity contribution is 9.10. The summed E-state index contributed by atoms with van der Waals surface area (Å²) in [5.74, 6) is 3.34. The van der Waals surface area contributed by atoms with Crippen molar-refractivity contribution in [3.8, 4) is 45.6 Å². The number of nitro benzene ring substituents is 1. The number of aromatic nitrogens is 14. The lowest BCUT2D eigenvalue weighted by atomic mass is 9.99. The molecule has 0 aliphatic carbocycles. The quantitative estimate of drug-likeness (QED) is 0.0336. The number of nitrogens with two attached hydrogens (primary N) is 2. The van der Waals surface area contributed by atoms with Gasteiger partial charge >= 0.3 is 0 Å². The number of H-pyrrole nitrogens is 8. The largest absolute Gasteiger partial charge is 0.399 e. The smallest absolute Gasteiger partial charge is 0.270 e. The van der Waals surface area contributed by atoms with Gasteiger partial charge in [-0.2, -0.15) is 0 Å². The minimum absolute atomic E-state index is 0.0619. The van der Waals surface area contributed by atoms with Crippen LogP contribution in [-0.4, -0.2) is 74.7 Å². The first-order valence-electron chi connectivity index (χ1n) is 37.0. The zero-order valence-corrected chi connectivity index (χ0v) is 62.4. The van der Waals surface area contributed by atoms with Gasteiger partial charge in [-0.15, -0.1) is 0 Å². The zero-order chi connectivity index (χ0) is 76.0. The van der Waals surface area contributed by atoms with Crippen molar-refractivity contribution in [1.82, 2.24) is 69.8 Å². The van der Waals surface area contributed by atoms with Gasteiger partial charge in [0, 0.05) is 173 Å². The number of pyridine rings is 2. The van der Waals surface area contributed by atoms with Gasteiger partial charge in [-0.1, -0.05) is 155 Å². The standard InChI is InChI=1S/C24H16N4O2.C24H18N4.C23H15BrN4.C22H15N5/c1-13-21(18-8-4-5-9-20(18)25-13)24-26-22-17-7-3-2-6-15(17)16-11-10-14(28(29)30)12-19(16)23(22)27-24;1-13-21(18-8-4-5-9-20(18)26-13)24-27-22-17-7-3-2-6-15(17)16-11-10-14(25)12-19(16)23(22)28-24;24-12-5-8-20-17(9-12)19(11-26-20)23-27-21-16-4-2-1-3-14(16)15-7-6-13(25)10-18(15)22(21)28-23;1-12-17(13-6-2-3-9-16(13)25-12)22-26-20-14-7-4-10-23-18(14)19-15(21(20)27-22)8-5-11-24-19/h2-12,25H,1H3,(H,26,27);2-12,26H,25H2,1H3,(H,27,28);1-11,26H,25H2,(H,27,28);2-11,25H,1H3,(H,26,27). The Labute approximate surface area is 648 Å². The molecule has 24 aromatic rings. The molecule has 10 aromatic heterocycles. The number of hydrogen-bond donors (Lipinski definition) is 10. The first-order valence-corrected chi connectivity index (χ1v) is 37.8. The predicted octanol–water partition coefficient (Wildman–Crippen LogP) is 23.6. The summed E-state index contributed by atoms with van der Waals surface area (Å²) in [7, 11) is 0. The van der Waals surface area contributed by atoms with Gasteiger partial charge in [-0.05, 0) is 144 Å². The summed E-state index contributed by atoms with van der Waals surface area (Å²) in [5, 5.41) is 31.0. The van der Waals surface area contributed by atoms with E-state index < -0.39 is 0 Å². The fraction of sp³-hybridized carbons (Fsp3) is 0.0323. The van der Waals surface area contributed by atoms with Crippen molar-refractivity contribution < 1.29 is 4.92 Å². The Morgan fingerprint density at radius 3 is 1.13 bits per heavy atom. The van der Waals surface area contributed by atoms with Crippen LogP contribution < -0.4 is 11.5 Å². The maximum atomic E-state index is 11.4. The summed E-state index contributed by atoms with van der Waals surface area (Å²) in [6.45, 7) is 6.21. The molecule has 12 N–H and O–H groups in total. The van der Waals surface area contributed by atoms with E-state index in [4.69, 9.17) is 31.4 Å². The molecule has 0 bridgehead atoms. The number of anilines is 2. The number of aryl methyl sites for hydroxylation is 3. The Kier molecular flexibility index (Phi) is 15.1. The van der Waals surface area contributed by atoms with Crippen molar-refractivity contribution in [2.45, 2.75) is 20.8 Å². The summed E-state index contributed by atoms with van der Waals surface area (Å²) in [5.41, 5.74) is 35.0. The number of fused-ring (bicyclic) bond motifs is 28. The Balaban J connectivity index is 0.0000000949. The van der Waals surface area contributed by atoms with Gasteiger partial charge in [0.05, 0.1) is 60.1 Å². The van der Waals surface area contributed by atoms with Crippen LogP contribution in [-0.2, 0) is 0 Å². The topological polar surface area (TPSA) is 299 Å². The van der Waals surface area contributed by atoms with E-state index in [-0.39, 0.29) is 10.6 Å². The van der Waals surface area contributed by atoms with E-state index in [0.29, 0.717) is 0 Å². The van der Waals surface area contributed by atoms with E-state index in [1.165, 1.54) is 32.3 Å². The molecule has 19 nitrogen and oxygen atoms in total. The molecule has 0 amide bonds. The molecule has 0 fully saturated rings. The molecule has 0 aliphatic heterocycles. The van der Waals surface area contributed by atoms with Crippen LogP contribution in [0.4, 0.5) is 17.1 Å². The predicted molar refractivity (Wildman–Crippen MR) is 467 cm³/mol. The van der Waals surface area contributed by atoms with E-state index >= 15 is 0 Å². The number of non-ortho nitro benzene ring substituents is 1. The molecule has 540 valence electrons. The van der Waals surface area contributed by atoms with Crippen LogP contribution in [0.1, 0.15) is 17.1 Å². The van der Waals surface area contributed by atoms with Gasteiger partial charge in [-0.3, -0.25) is 20.1 Å². The van der Waals surface area contributed by atoms with Crippen LogP contribution in [0.2, 0.25) is 0 Å². The lowest BCUT2D eigenvalue weighted by Gasteiger charge is -2.06. The van der Waals surface area contributed by atoms with Crippen molar-refractivity contribution >= 4 is 207 Å². The molecular formula is C93H64BrN17O2. The van der Waals surface area contributed by atoms with Gasteiger partial charge < -0.3 is 51.3 Å². The molecule has 10 heterocycles. The molecule has 0 aliphatic rings. The van der Waals surface area contributed by atoms with Gasteiger partial charge in [0.15, 0.2) is 0 Å². The van der Waals surface area contributed by atoms with Gasteiger partial charge in [-0.25, -0.2) is 19.9 Å². The SMILES string of the molecule is Cc1[nH]c2ccccc2c1-c1nc2c3cc(N)ccc3c3ccccc3c2[nH]1.Cc1[nH]c2ccccc2c1-c1nc2c3cc([N+](=O)[O-])ccc3c3ccccc3c2[nH]1.Cc1[nH]c2ccccc2c1-c1nc2c3cccnc3c3ncccc3c2[nH]1.Nc1ccc2c3ccccc3c3[nH]c(-c4c[nH]c5ccc(Br)cc45)nc3c2c1. The molecule has 0 radical (unpaired) electrons. The number of nitrogens with zero attached hydrogens (tertiary/aromatic N) is 7. The third kappa shape index (κ3) is 10.7. The molecule has 0 saturated carbocycles. The average Bonchev–Trinajstić information content (AvgIpc) is 1.64. The number of nitrogens with one attached hydrogen (secondary N) is 8. The molecule has 14 aromatic carbocycles. The highest BCUT2D eigenvalue weighted by Gasteiger charge is 2.24. The maximum absolute atomic E-state index is 11.4. The van der Waals surface area contributed by atoms with Crippen molar-refractivity contribution in [3.05, 3.63) is 293 Å². The van der Waals surface area contributed by atoms with E-state index in [1.807, 2.05) is 116 Å². The van der Waals surface area contributed by atoms with E-state index in [9.17, 15) is 10.1 Å². The van der Waals surface area contributed by atoms with Crippen LogP contribution in [0.25, 0.3) is 220 Å². The fourth-order valence-electron chi connectivity index (χ4n) is 17.0. The van der Waals surface area contributed by atoms with Crippen molar-refractivity contribution in [3.63, 3.8) is 0 Å². The molecular weight excluding hydrogens is 1470 g/mol. The van der Waals surface area contributed by atoms with Crippen molar-refractivity contribution in [2.24, 2.45) is 0 Å². The van der Waals surface area contributed by atoms with Gasteiger partial charge in [0.1, 0.15) is 23.3 Å². The third-order valence-electron chi connectivity index (χ3n) is 22.0. The lowest BCUT2D eigenvalue weighted by molar-refractivity contribution is -0.384. The van der Waals surface area contributed by atoms with Crippen molar-refractivity contribution in [1.29, 1.82) is 0 Å². The fourth-order valence-corrected chi connectivity index (χ4v) is 17.4. The number of para-hydroxylation sites is 3. The third-order valence-corrected chi connectivity index (χ3v) is 22.5. The van der Waals surface area contributed by atoms with Crippen LogP contribution >= 0.6 is 15.9 Å². The molecule has 0 spiro atoms. The summed E-state index contributed by atoms with van der Waals surface area (Å²) in [6.07, 6.45) is 5.62. The highest BCUT2D eigenvalue weighted by atomic mass is 79.9. The number of hydrogen-bond acceptors (Lipinski definition) is 10. The second-order valence-corrected chi connectivity index (χ2v) is 29.6. The molecule has 24 rings (SSSR count). The lowest BCUT2D eigenvalue weighted by Crippen LogP contribution is -1.89. The number of nitro groups is 1. The number of benzene rings is 14. The summed E-state index contributed by atoms with van der Waals surface area (Å²) in [6, 6.07) is 81.1. The molecule has 0 atom stereocenters. The second-order valence-electron chi connectivity index (χ2n) is 28.7. The number of imidazole rings is 4. The monoisotopic (exact) mass is 1530 g/mol. The highest BCUT2D eigenvalue weighted by Crippen LogP contribution is 2.44. The normalized spacial score (nSPS) is 11.9. The van der Waals surface area contributed by atoms with Gasteiger partial charge in [0.25, 0.3) is 5.69 Å². The Bertz CT molecular complexity index is 8040. The van der Waals surface area contributed by atoms with Gasteiger partial charge in [0.2, 0.25) is 0 Å².